The average Bonchev–Trinajstić information content (AvgIpc) is 2.44. The number of ketones is 1. The molecule has 6 nitrogen and oxygen atoms in total. The fourth-order valence-electron chi connectivity index (χ4n) is 1.79. The maximum absolute atomic E-state index is 12.0. The maximum atomic E-state index is 12.0. The van der Waals surface area contributed by atoms with Gasteiger partial charge in [-0.1, -0.05) is 0 Å². The molecule has 1 aromatic rings. The van der Waals surface area contributed by atoms with Crippen LogP contribution in [0.5, 0.6) is 0 Å². The molecule has 1 aliphatic rings. The highest BCUT2D eigenvalue weighted by Crippen LogP contribution is 2.15. The molecule has 6 heteroatoms. The lowest BCUT2D eigenvalue weighted by atomic mass is 9.98. The van der Waals surface area contributed by atoms with E-state index in [4.69, 9.17) is 0 Å². The zero-order valence-corrected chi connectivity index (χ0v) is 11.5. The third kappa shape index (κ3) is 3.17. The molecule has 1 aromatic carbocycles. The molecule has 0 heterocycles. The van der Waals surface area contributed by atoms with E-state index in [1.165, 1.54) is 30.3 Å². The summed E-state index contributed by atoms with van der Waals surface area (Å²) >= 11 is 0. The number of amides is 1. The first-order valence-electron chi connectivity index (χ1n) is 6.17. The van der Waals surface area contributed by atoms with E-state index in [0.717, 1.165) is 0 Å². The lowest BCUT2D eigenvalue weighted by Crippen LogP contribution is -2.12. The van der Waals surface area contributed by atoms with Crippen LogP contribution >= 0.6 is 0 Å². The second-order valence-electron chi connectivity index (χ2n) is 4.63. The number of aliphatic imine (C=N–C) groups is 1. The number of carbonyl (C=O) groups is 2. The first-order valence-corrected chi connectivity index (χ1v) is 6.17. The van der Waals surface area contributed by atoms with E-state index in [-0.39, 0.29) is 17.0 Å². The summed E-state index contributed by atoms with van der Waals surface area (Å²) in [5.74, 6) is -0.611. The van der Waals surface area contributed by atoms with Crippen molar-refractivity contribution >= 4 is 23.1 Å². The monoisotopic (exact) mass is 284 g/mol. The lowest BCUT2D eigenvalue weighted by molar-refractivity contribution is -0.384. The first-order chi connectivity index (χ1) is 9.88. The fraction of sp³-hybridized carbons (Fsp3) is 0.133. The molecule has 0 unspecified atom stereocenters. The van der Waals surface area contributed by atoms with Gasteiger partial charge in [0.2, 0.25) is 0 Å². The van der Waals surface area contributed by atoms with Gasteiger partial charge in [0.25, 0.3) is 11.6 Å². The quantitative estimate of drug-likeness (QED) is 0.474. The van der Waals surface area contributed by atoms with Gasteiger partial charge in [0.15, 0.2) is 5.78 Å². The Labute approximate surface area is 120 Å². The van der Waals surface area contributed by atoms with Crippen LogP contribution in [-0.2, 0) is 4.79 Å². The van der Waals surface area contributed by atoms with Crippen LogP contribution in [0.4, 0.5) is 5.69 Å². The summed E-state index contributed by atoms with van der Waals surface area (Å²) in [4.78, 5) is 37.5. The standard InChI is InChI=1S/C15H12N2O4/c1-9-8-14(18)10(2)7-13(9)16-15(19)11-3-5-12(6-4-11)17(20)21/h3-8H,1-2H3/b16-13+. The van der Waals surface area contributed by atoms with Crippen molar-refractivity contribution in [2.75, 3.05) is 0 Å². The van der Waals surface area contributed by atoms with Gasteiger partial charge in [0.1, 0.15) is 0 Å². The minimum atomic E-state index is -0.536. The summed E-state index contributed by atoms with van der Waals surface area (Å²) in [6.45, 7) is 3.35. The van der Waals surface area contributed by atoms with Gasteiger partial charge >= 0.3 is 0 Å². The Morgan fingerprint density at radius 1 is 1.10 bits per heavy atom. The van der Waals surface area contributed by atoms with Crippen molar-refractivity contribution in [3.8, 4) is 0 Å². The number of benzene rings is 1. The number of allylic oxidation sites excluding steroid dienone is 4. The Kier molecular flexibility index (Phi) is 3.89. The Morgan fingerprint density at radius 2 is 1.71 bits per heavy atom. The van der Waals surface area contributed by atoms with Gasteiger partial charge in [0, 0.05) is 17.7 Å². The molecule has 0 aromatic heterocycles. The number of rotatable bonds is 2. The lowest BCUT2D eigenvalue weighted by Gasteiger charge is -2.08. The van der Waals surface area contributed by atoms with Crippen molar-refractivity contribution in [3.63, 3.8) is 0 Å². The molecule has 0 spiro atoms. The molecule has 0 N–H and O–H groups in total. The van der Waals surface area contributed by atoms with Crippen molar-refractivity contribution in [2.24, 2.45) is 4.99 Å². The predicted molar refractivity (Wildman–Crippen MR) is 77.4 cm³/mol. The number of nitrogens with zero attached hydrogens (tertiary/aromatic N) is 2. The van der Waals surface area contributed by atoms with Gasteiger partial charge in [0.05, 0.1) is 10.6 Å². The van der Waals surface area contributed by atoms with Crippen LogP contribution in [0.25, 0.3) is 0 Å². The zero-order chi connectivity index (χ0) is 15.6. The van der Waals surface area contributed by atoms with Crippen LogP contribution in [0.15, 0.2) is 52.6 Å². The molecule has 1 aliphatic carbocycles. The summed E-state index contributed by atoms with van der Waals surface area (Å²) in [7, 11) is 0. The summed E-state index contributed by atoms with van der Waals surface area (Å²) in [6, 6.07) is 5.21. The van der Waals surface area contributed by atoms with Crippen molar-refractivity contribution in [2.45, 2.75) is 13.8 Å². The van der Waals surface area contributed by atoms with Crippen LogP contribution in [0.2, 0.25) is 0 Å². The molecule has 0 saturated heterocycles. The highest BCUT2D eigenvalue weighted by molar-refractivity contribution is 6.24. The molecule has 106 valence electrons. The van der Waals surface area contributed by atoms with Crippen molar-refractivity contribution in [3.05, 3.63) is 63.2 Å². The summed E-state index contributed by atoms with van der Waals surface area (Å²) in [6.07, 6.45) is 2.98. The van der Waals surface area contributed by atoms with E-state index in [2.05, 4.69) is 4.99 Å². The van der Waals surface area contributed by atoms with E-state index < -0.39 is 10.8 Å². The molecule has 1 amide bonds. The Hall–Kier alpha value is -2.89. The largest absolute Gasteiger partial charge is 0.290 e. The second kappa shape index (κ2) is 5.62. The van der Waals surface area contributed by atoms with Crippen LogP contribution in [-0.4, -0.2) is 22.3 Å². The van der Waals surface area contributed by atoms with Crippen LogP contribution < -0.4 is 0 Å². The molecular weight excluding hydrogens is 272 g/mol. The summed E-state index contributed by atoms with van der Waals surface area (Å²) in [5, 5.41) is 10.6. The number of carbonyl (C=O) groups excluding carboxylic acids is 2. The maximum Gasteiger partial charge on any atom is 0.277 e. The zero-order valence-electron chi connectivity index (χ0n) is 11.5. The predicted octanol–water partition coefficient (Wildman–Crippen LogP) is 2.65. The van der Waals surface area contributed by atoms with E-state index in [1.807, 2.05) is 0 Å². The summed E-state index contributed by atoms with van der Waals surface area (Å²) in [5.41, 5.74) is 1.71. The number of hydrogen-bond acceptors (Lipinski definition) is 4. The summed E-state index contributed by atoms with van der Waals surface area (Å²) < 4.78 is 0. The average molecular weight is 284 g/mol. The van der Waals surface area contributed by atoms with E-state index >= 15 is 0 Å². The van der Waals surface area contributed by atoms with E-state index in [0.29, 0.717) is 16.9 Å². The first kappa shape index (κ1) is 14.5. The van der Waals surface area contributed by atoms with Crippen molar-refractivity contribution < 1.29 is 14.5 Å². The van der Waals surface area contributed by atoms with Crippen LogP contribution in [0.3, 0.4) is 0 Å². The van der Waals surface area contributed by atoms with Crippen LogP contribution in [0, 0.1) is 10.1 Å². The molecule has 0 radical (unpaired) electrons. The Balaban J connectivity index is 2.29. The minimum Gasteiger partial charge on any atom is -0.290 e. The molecular formula is C15H12N2O4. The number of nitro benzene ring substituents is 1. The van der Waals surface area contributed by atoms with Crippen molar-refractivity contribution in [1.82, 2.24) is 0 Å². The highest BCUT2D eigenvalue weighted by Gasteiger charge is 2.15. The van der Waals surface area contributed by atoms with Crippen LogP contribution in [0.1, 0.15) is 24.2 Å². The Morgan fingerprint density at radius 3 is 2.29 bits per heavy atom. The van der Waals surface area contributed by atoms with Gasteiger partial charge < -0.3 is 0 Å². The molecule has 0 bridgehead atoms. The molecule has 0 fully saturated rings. The molecule has 2 rings (SSSR count). The molecule has 21 heavy (non-hydrogen) atoms. The third-order valence-corrected chi connectivity index (χ3v) is 3.04. The van der Waals surface area contributed by atoms with Gasteiger partial charge in [-0.2, -0.15) is 0 Å². The van der Waals surface area contributed by atoms with Gasteiger partial charge in [-0.15, -0.1) is 0 Å². The second-order valence-corrected chi connectivity index (χ2v) is 4.63. The van der Waals surface area contributed by atoms with Gasteiger partial charge in [-0.05, 0) is 49.3 Å². The van der Waals surface area contributed by atoms with Crippen molar-refractivity contribution in [1.29, 1.82) is 0 Å². The third-order valence-electron chi connectivity index (χ3n) is 3.04. The highest BCUT2D eigenvalue weighted by atomic mass is 16.6. The smallest absolute Gasteiger partial charge is 0.277 e. The number of non-ortho nitro benzene ring substituents is 1. The SMILES string of the molecule is CC1=C/C(=N\C(=O)c2ccc([N+](=O)[O-])cc2)C(C)=CC1=O. The van der Waals surface area contributed by atoms with E-state index in [9.17, 15) is 19.7 Å². The number of nitro groups is 1. The Bertz CT molecular complexity index is 725. The van der Waals surface area contributed by atoms with E-state index in [1.54, 1.807) is 19.9 Å². The molecule has 0 atom stereocenters. The molecule has 0 aliphatic heterocycles. The molecule has 0 saturated carbocycles. The topological polar surface area (TPSA) is 89.6 Å². The normalized spacial score (nSPS) is 16.5. The van der Waals surface area contributed by atoms with Gasteiger partial charge in [-0.3, -0.25) is 19.7 Å². The number of hydrogen-bond donors (Lipinski definition) is 0. The van der Waals surface area contributed by atoms with Gasteiger partial charge in [-0.25, -0.2) is 4.99 Å². The minimum absolute atomic E-state index is 0.0886. The fourth-order valence-corrected chi connectivity index (χ4v) is 1.79.